The molecule has 1 aromatic rings. The van der Waals surface area contributed by atoms with Crippen LogP contribution >= 0.6 is 15.9 Å². The molecule has 2 N–H and O–H groups in total. The Morgan fingerprint density at radius 2 is 2.12 bits per heavy atom. The highest BCUT2D eigenvalue weighted by atomic mass is 79.9. The number of ether oxygens (including phenoxy) is 1. The Morgan fingerprint density at radius 1 is 1.31 bits per heavy atom. The van der Waals surface area contributed by atoms with E-state index in [0.717, 1.165) is 17.4 Å². The van der Waals surface area contributed by atoms with Crippen LogP contribution in [0.25, 0.3) is 0 Å². The predicted octanol–water partition coefficient (Wildman–Crippen LogP) is 3.09. The smallest absolute Gasteiger partial charge is 0.0731 e. The summed E-state index contributed by atoms with van der Waals surface area (Å²) in [6.45, 7) is 1.43. The molecule has 2 nitrogen and oxygen atoms in total. The number of benzene rings is 1. The highest BCUT2D eigenvalue weighted by Gasteiger charge is 2.26. The van der Waals surface area contributed by atoms with Crippen LogP contribution in [0.15, 0.2) is 28.7 Å². The van der Waals surface area contributed by atoms with Crippen LogP contribution in [0, 0.1) is 5.92 Å². The molecule has 0 heterocycles. The summed E-state index contributed by atoms with van der Waals surface area (Å²) < 4.78 is 7.09. The lowest BCUT2D eigenvalue weighted by Gasteiger charge is -2.19. The minimum Gasteiger partial charge on any atom is -0.373 e. The Morgan fingerprint density at radius 3 is 2.88 bits per heavy atom. The van der Waals surface area contributed by atoms with Gasteiger partial charge in [-0.3, -0.25) is 0 Å². The maximum Gasteiger partial charge on any atom is 0.0731 e. The third-order valence-electron chi connectivity index (χ3n) is 3.30. The molecule has 2 unspecified atom stereocenters. The molecule has 88 valence electrons. The van der Waals surface area contributed by atoms with Crippen LogP contribution in [0.2, 0.25) is 0 Å². The van der Waals surface area contributed by atoms with E-state index in [2.05, 4.69) is 22.0 Å². The summed E-state index contributed by atoms with van der Waals surface area (Å²) in [7, 11) is 0. The first-order chi connectivity index (χ1) is 7.81. The van der Waals surface area contributed by atoms with Crippen molar-refractivity contribution in [3.63, 3.8) is 0 Å². The fraction of sp³-hybridized carbons (Fsp3) is 0.538. The molecular formula is C13H18BrNO. The van der Waals surface area contributed by atoms with Gasteiger partial charge in [-0.2, -0.15) is 0 Å². The van der Waals surface area contributed by atoms with Crippen LogP contribution in [0.5, 0.6) is 0 Å². The van der Waals surface area contributed by atoms with Crippen molar-refractivity contribution in [3.8, 4) is 0 Å². The van der Waals surface area contributed by atoms with Crippen LogP contribution in [-0.4, -0.2) is 12.6 Å². The lowest BCUT2D eigenvalue weighted by molar-refractivity contribution is 0.0180. The maximum absolute atomic E-state index is 5.96. The van der Waals surface area contributed by atoms with Gasteiger partial charge < -0.3 is 10.5 Å². The van der Waals surface area contributed by atoms with Gasteiger partial charge in [-0.25, -0.2) is 0 Å². The molecule has 2 rings (SSSR count). The summed E-state index contributed by atoms with van der Waals surface area (Å²) in [5.74, 6) is 0.558. The van der Waals surface area contributed by atoms with E-state index < -0.39 is 0 Å². The summed E-state index contributed by atoms with van der Waals surface area (Å²) in [5, 5.41) is 0. The molecule has 1 fully saturated rings. The average Bonchev–Trinajstić information content (AvgIpc) is 2.75. The van der Waals surface area contributed by atoms with E-state index in [1.807, 2.05) is 18.2 Å². The quantitative estimate of drug-likeness (QED) is 0.922. The molecule has 0 aromatic heterocycles. The maximum atomic E-state index is 5.96. The molecule has 0 amide bonds. The van der Waals surface area contributed by atoms with Gasteiger partial charge >= 0.3 is 0 Å². The van der Waals surface area contributed by atoms with Gasteiger partial charge in [0.25, 0.3) is 0 Å². The van der Waals surface area contributed by atoms with Crippen LogP contribution in [-0.2, 0) is 11.3 Å². The zero-order valence-corrected chi connectivity index (χ0v) is 10.9. The topological polar surface area (TPSA) is 35.2 Å². The zero-order chi connectivity index (χ0) is 11.4. The van der Waals surface area contributed by atoms with E-state index in [1.165, 1.54) is 18.4 Å². The van der Waals surface area contributed by atoms with Crippen molar-refractivity contribution in [3.05, 3.63) is 34.3 Å². The Kier molecular flexibility index (Phi) is 4.38. The van der Waals surface area contributed by atoms with Gasteiger partial charge in [0.15, 0.2) is 0 Å². The summed E-state index contributed by atoms with van der Waals surface area (Å²) in [4.78, 5) is 0. The Labute approximate surface area is 105 Å². The van der Waals surface area contributed by atoms with Crippen molar-refractivity contribution in [1.82, 2.24) is 0 Å². The molecule has 0 aliphatic heterocycles. The molecule has 16 heavy (non-hydrogen) atoms. The normalized spacial score (nSPS) is 24.9. The number of rotatable bonds is 4. The highest BCUT2D eigenvalue weighted by Crippen LogP contribution is 2.28. The zero-order valence-electron chi connectivity index (χ0n) is 9.36. The molecule has 3 heteroatoms. The summed E-state index contributed by atoms with van der Waals surface area (Å²) in [6, 6.07) is 8.20. The van der Waals surface area contributed by atoms with E-state index in [4.69, 9.17) is 10.5 Å². The Balaban J connectivity index is 1.90. The van der Waals surface area contributed by atoms with Crippen molar-refractivity contribution in [2.24, 2.45) is 11.7 Å². The van der Waals surface area contributed by atoms with Crippen LogP contribution in [0.3, 0.4) is 0 Å². The second-order valence-electron chi connectivity index (χ2n) is 4.37. The number of nitrogens with two attached hydrogens (primary N) is 1. The van der Waals surface area contributed by atoms with Gasteiger partial charge in [0, 0.05) is 4.47 Å². The van der Waals surface area contributed by atoms with Crippen molar-refractivity contribution in [2.75, 3.05) is 6.54 Å². The second kappa shape index (κ2) is 5.80. The number of halogens is 1. The van der Waals surface area contributed by atoms with Crippen LogP contribution in [0.1, 0.15) is 24.8 Å². The van der Waals surface area contributed by atoms with Gasteiger partial charge in [-0.15, -0.1) is 0 Å². The largest absolute Gasteiger partial charge is 0.373 e. The van der Waals surface area contributed by atoms with Gasteiger partial charge in [-0.1, -0.05) is 40.5 Å². The van der Waals surface area contributed by atoms with Crippen molar-refractivity contribution < 1.29 is 4.74 Å². The third kappa shape index (κ3) is 2.84. The second-order valence-corrected chi connectivity index (χ2v) is 5.22. The molecular weight excluding hydrogens is 266 g/mol. The first-order valence-electron chi connectivity index (χ1n) is 5.86. The number of hydrogen-bond acceptors (Lipinski definition) is 2. The lowest BCUT2D eigenvalue weighted by atomic mass is 10.1. The average molecular weight is 284 g/mol. The molecule has 1 aliphatic carbocycles. The monoisotopic (exact) mass is 283 g/mol. The first-order valence-corrected chi connectivity index (χ1v) is 6.65. The molecule has 1 aromatic carbocycles. The Hall–Kier alpha value is -0.380. The van der Waals surface area contributed by atoms with Gasteiger partial charge in [0.1, 0.15) is 0 Å². The molecule has 0 saturated heterocycles. The minimum atomic E-state index is 0.358. The summed E-state index contributed by atoms with van der Waals surface area (Å²) in [6.07, 6.45) is 3.99. The Bertz CT molecular complexity index is 342. The van der Waals surface area contributed by atoms with Crippen molar-refractivity contribution in [2.45, 2.75) is 32.0 Å². The minimum absolute atomic E-state index is 0.358. The van der Waals surface area contributed by atoms with Gasteiger partial charge in [0.05, 0.1) is 12.7 Å². The van der Waals surface area contributed by atoms with E-state index in [1.54, 1.807) is 0 Å². The van der Waals surface area contributed by atoms with E-state index in [9.17, 15) is 0 Å². The predicted molar refractivity (Wildman–Crippen MR) is 69.1 cm³/mol. The first kappa shape index (κ1) is 12.1. The van der Waals surface area contributed by atoms with E-state index >= 15 is 0 Å². The fourth-order valence-corrected chi connectivity index (χ4v) is 2.70. The highest BCUT2D eigenvalue weighted by molar-refractivity contribution is 9.10. The SMILES string of the molecule is NCC1CCCC1OCc1ccccc1Br. The van der Waals surface area contributed by atoms with Gasteiger partial charge in [-0.05, 0) is 36.9 Å². The van der Waals surface area contributed by atoms with Crippen LogP contribution < -0.4 is 5.73 Å². The third-order valence-corrected chi connectivity index (χ3v) is 4.08. The lowest BCUT2D eigenvalue weighted by Crippen LogP contribution is -2.25. The molecule has 2 atom stereocenters. The summed E-state index contributed by atoms with van der Waals surface area (Å²) in [5.41, 5.74) is 6.95. The molecule has 0 radical (unpaired) electrons. The number of hydrogen-bond donors (Lipinski definition) is 1. The van der Waals surface area contributed by atoms with E-state index in [-0.39, 0.29) is 0 Å². The fourth-order valence-electron chi connectivity index (χ4n) is 2.30. The van der Waals surface area contributed by atoms with Crippen molar-refractivity contribution in [1.29, 1.82) is 0 Å². The molecule has 0 spiro atoms. The molecule has 1 saturated carbocycles. The summed E-state index contributed by atoms with van der Waals surface area (Å²) >= 11 is 3.53. The van der Waals surface area contributed by atoms with Gasteiger partial charge in [0.2, 0.25) is 0 Å². The van der Waals surface area contributed by atoms with Crippen molar-refractivity contribution >= 4 is 15.9 Å². The molecule has 1 aliphatic rings. The molecule has 0 bridgehead atoms. The van der Waals surface area contributed by atoms with E-state index in [0.29, 0.717) is 18.6 Å². The van der Waals surface area contributed by atoms with Crippen LogP contribution in [0.4, 0.5) is 0 Å². The standard InChI is InChI=1S/C13H18BrNO/c14-12-6-2-1-4-11(12)9-16-13-7-3-5-10(13)8-15/h1-2,4,6,10,13H,3,5,7-9,15H2.